The normalized spacial score (nSPS) is 23.5. The summed E-state index contributed by atoms with van der Waals surface area (Å²) in [7, 11) is -3.64. The van der Waals surface area contributed by atoms with Gasteiger partial charge in [-0.1, -0.05) is 19.3 Å². The molecule has 31 heavy (non-hydrogen) atoms. The van der Waals surface area contributed by atoms with E-state index in [4.69, 9.17) is 9.47 Å². The number of morpholine rings is 1. The number of nitrogens with one attached hydrogen (secondary N) is 2. The largest absolute Gasteiger partial charge is 0.381 e. The molecule has 0 radical (unpaired) electrons. The summed E-state index contributed by atoms with van der Waals surface area (Å²) in [6.07, 6.45) is 7.26. The van der Waals surface area contributed by atoms with Crippen LogP contribution in [0.25, 0.3) is 0 Å². The Bertz CT molecular complexity index is 858. The fraction of sp³-hybridized carbons (Fsp3) is 0.682. The molecule has 2 N–H and O–H groups in total. The molecular formula is C22H33N3O5S. The third kappa shape index (κ3) is 5.58. The van der Waals surface area contributed by atoms with Crippen LogP contribution in [0.4, 0.5) is 11.4 Å². The van der Waals surface area contributed by atoms with Gasteiger partial charge in [0.25, 0.3) is 0 Å². The lowest BCUT2D eigenvalue weighted by Crippen LogP contribution is -2.40. The van der Waals surface area contributed by atoms with Crippen molar-refractivity contribution in [3.05, 3.63) is 18.2 Å². The van der Waals surface area contributed by atoms with Crippen molar-refractivity contribution in [2.45, 2.75) is 55.9 Å². The van der Waals surface area contributed by atoms with Gasteiger partial charge in [0.1, 0.15) is 0 Å². The van der Waals surface area contributed by atoms with Crippen molar-refractivity contribution < 1.29 is 22.7 Å². The molecule has 4 rings (SSSR count). The number of hydrogen-bond acceptors (Lipinski definition) is 6. The first-order valence-electron chi connectivity index (χ1n) is 11.4. The minimum atomic E-state index is -3.64. The molecule has 0 aromatic heterocycles. The number of carbonyl (C=O) groups is 1. The lowest BCUT2D eigenvalue weighted by Gasteiger charge is -2.27. The van der Waals surface area contributed by atoms with Crippen LogP contribution >= 0.6 is 0 Å². The molecule has 2 saturated heterocycles. The van der Waals surface area contributed by atoms with Gasteiger partial charge in [0.2, 0.25) is 15.9 Å². The molecule has 1 saturated carbocycles. The van der Waals surface area contributed by atoms with Crippen molar-refractivity contribution in [1.29, 1.82) is 0 Å². The molecule has 9 heteroatoms. The highest BCUT2D eigenvalue weighted by molar-refractivity contribution is 7.89. The topological polar surface area (TPSA) is 97.0 Å². The number of nitrogens with zero attached hydrogens (tertiary/aromatic N) is 1. The molecule has 1 aromatic rings. The first-order chi connectivity index (χ1) is 15.0. The molecule has 2 heterocycles. The number of ether oxygens (including phenoxy) is 2. The van der Waals surface area contributed by atoms with E-state index in [1.807, 2.05) is 0 Å². The van der Waals surface area contributed by atoms with Crippen molar-refractivity contribution >= 4 is 27.3 Å². The molecule has 1 aliphatic carbocycles. The third-order valence-corrected chi connectivity index (χ3v) is 8.27. The second-order valence-corrected chi connectivity index (χ2v) is 10.5. The Morgan fingerprint density at radius 3 is 2.48 bits per heavy atom. The number of carbonyl (C=O) groups excluding carboxylic acids is 1. The van der Waals surface area contributed by atoms with Crippen molar-refractivity contribution in [2.24, 2.45) is 5.92 Å². The molecule has 1 atom stereocenters. The minimum absolute atomic E-state index is 0.0146. The van der Waals surface area contributed by atoms with Crippen molar-refractivity contribution in [1.82, 2.24) is 4.31 Å². The van der Waals surface area contributed by atoms with E-state index in [2.05, 4.69) is 10.6 Å². The monoisotopic (exact) mass is 451 g/mol. The van der Waals surface area contributed by atoms with Gasteiger partial charge in [0, 0.05) is 32.2 Å². The number of anilines is 2. The van der Waals surface area contributed by atoms with Crippen LogP contribution in [0, 0.1) is 5.92 Å². The second kappa shape index (κ2) is 10.3. The van der Waals surface area contributed by atoms with Gasteiger partial charge in [-0.2, -0.15) is 4.31 Å². The summed E-state index contributed by atoms with van der Waals surface area (Å²) >= 11 is 0. The fourth-order valence-electron chi connectivity index (χ4n) is 4.51. The zero-order valence-electron chi connectivity index (χ0n) is 18.0. The molecule has 1 amide bonds. The molecule has 0 bridgehead atoms. The number of rotatable bonds is 7. The maximum atomic E-state index is 13.1. The molecule has 0 unspecified atom stereocenters. The van der Waals surface area contributed by atoms with E-state index >= 15 is 0 Å². The van der Waals surface area contributed by atoms with E-state index in [1.165, 1.54) is 10.7 Å². The van der Waals surface area contributed by atoms with Gasteiger partial charge in [-0.15, -0.1) is 0 Å². The number of hydrogen-bond donors (Lipinski definition) is 2. The van der Waals surface area contributed by atoms with Crippen LogP contribution < -0.4 is 10.6 Å². The minimum Gasteiger partial charge on any atom is -0.381 e. The molecule has 2 aliphatic heterocycles. The van der Waals surface area contributed by atoms with Gasteiger partial charge in [-0.05, 0) is 43.9 Å². The van der Waals surface area contributed by atoms with E-state index in [0.717, 1.165) is 50.8 Å². The first kappa shape index (κ1) is 22.5. The molecule has 1 aromatic carbocycles. The van der Waals surface area contributed by atoms with E-state index in [1.54, 1.807) is 18.2 Å². The Kier molecular flexibility index (Phi) is 7.47. The highest BCUT2D eigenvalue weighted by Gasteiger charge is 2.28. The van der Waals surface area contributed by atoms with Gasteiger partial charge >= 0.3 is 0 Å². The fourth-order valence-corrected chi connectivity index (χ4v) is 5.94. The highest BCUT2D eigenvalue weighted by Crippen LogP contribution is 2.31. The standard InChI is InChI=1S/C22H33N3O5S/c26-22(17-5-2-1-3-6-17)24-21-15-19(31(27,28)25-10-13-29-14-11-25)8-9-20(21)23-16-18-7-4-12-30-18/h8-9,15,17-18,23H,1-7,10-14,16H2,(H,24,26)/t18-/m0/s1. The van der Waals surface area contributed by atoms with Crippen LogP contribution in [0.2, 0.25) is 0 Å². The maximum Gasteiger partial charge on any atom is 0.243 e. The zero-order valence-corrected chi connectivity index (χ0v) is 18.8. The SMILES string of the molecule is O=C(Nc1cc(S(=O)(=O)N2CCOCC2)ccc1NC[C@@H]1CCCO1)C1CCCCC1. The highest BCUT2D eigenvalue weighted by atomic mass is 32.2. The maximum absolute atomic E-state index is 13.1. The van der Waals surface area contributed by atoms with E-state index < -0.39 is 10.0 Å². The summed E-state index contributed by atoms with van der Waals surface area (Å²) in [5, 5.41) is 6.37. The van der Waals surface area contributed by atoms with Crippen LogP contribution in [0.3, 0.4) is 0 Å². The summed E-state index contributed by atoms with van der Waals surface area (Å²) in [4.78, 5) is 13.1. The summed E-state index contributed by atoms with van der Waals surface area (Å²) in [5.41, 5.74) is 1.24. The average Bonchev–Trinajstić information content (AvgIpc) is 3.33. The van der Waals surface area contributed by atoms with Crippen LogP contribution in [0.5, 0.6) is 0 Å². The zero-order chi connectivity index (χ0) is 21.7. The Morgan fingerprint density at radius 1 is 1.00 bits per heavy atom. The summed E-state index contributed by atoms with van der Waals surface area (Å²) in [5.74, 6) is -0.0416. The smallest absolute Gasteiger partial charge is 0.243 e. The third-order valence-electron chi connectivity index (χ3n) is 6.38. The van der Waals surface area contributed by atoms with E-state index in [0.29, 0.717) is 38.5 Å². The summed E-state index contributed by atoms with van der Waals surface area (Å²) < 4.78 is 38.7. The number of benzene rings is 1. The number of sulfonamides is 1. The lowest BCUT2D eigenvalue weighted by atomic mass is 9.88. The van der Waals surface area contributed by atoms with Crippen LogP contribution in [0.1, 0.15) is 44.9 Å². The Morgan fingerprint density at radius 2 is 1.77 bits per heavy atom. The Hall–Kier alpha value is -1.68. The van der Waals surface area contributed by atoms with Gasteiger partial charge < -0.3 is 20.1 Å². The first-order valence-corrected chi connectivity index (χ1v) is 12.9. The Balaban J connectivity index is 1.55. The molecule has 3 fully saturated rings. The number of amides is 1. The van der Waals surface area contributed by atoms with Crippen molar-refractivity contribution in [3.63, 3.8) is 0 Å². The molecule has 3 aliphatic rings. The van der Waals surface area contributed by atoms with Crippen molar-refractivity contribution in [3.8, 4) is 0 Å². The predicted octanol–water partition coefficient (Wildman–Crippen LogP) is 2.82. The van der Waals surface area contributed by atoms with E-state index in [-0.39, 0.29) is 22.8 Å². The van der Waals surface area contributed by atoms with Gasteiger partial charge in [-0.3, -0.25) is 4.79 Å². The summed E-state index contributed by atoms with van der Waals surface area (Å²) in [6, 6.07) is 4.95. The molecule has 0 spiro atoms. The quantitative estimate of drug-likeness (QED) is 0.662. The summed E-state index contributed by atoms with van der Waals surface area (Å²) in [6.45, 7) is 2.86. The second-order valence-electron chi connectivity index (χ2n) is 8.56. The van der Waals surface area contributed by atoms with Crippen LogP contribution in [0.15, 0.2) is 23.1 Å². The van der Waals surface area contributed by atoms with Gasteiger partial charge in [-0.25, -0.2) is 8.42 Å². The molecule has 8 nitrogen and oxygen atoms in total. The van der Waals surface area contributed by atoms with Crippen LogP contribution in [-0.4, -0.2) is 64.2 Å². The van der Waals surface area contributed by atoms with E-state index in [9.17, 15) is 13.2 Å². The van der Waals surface area contributed by atoms with Gasteiger partial charge in [0.15, 0.2) is 0 Å². The van der Waals surface area contributed by atoms with Gasteiger partial charge in [0.05, 0.1) is 35.6 Å². The molecule has 172 valence electrons. The van der Waals surface area contributed by atoms with Crippen molar-refractivity contribution in [2.75, 3.05) is 50.1 Å². The van der Waals surface area contributed by atoms with Crippen LogP contribution in [-0.2, 0) is 24.3 Å². The predicted molar refractivity (Wildman–Crippen MR) is 119 cm³/mol. The lowest BCUT2D eigenvalue weighted by molar-refractivity contribution is -0.120. The Labute approximate surface area is 184 Å². The average molecular weight is 452 g/mol. The molecular weight excluding hydrogens is 418 g/mol.